The van der Waals surface area contributed by atoms with Gasteiger partial charge in [-0.1, -0.05) is 6.07 Å². The van der Waals surface area contributed by atoms with Gasteiger partial charge in [0.25, 0.3) is 5.69 Å². The third-order valence-electron chi connectivity index (χ3n) is 2.73. The number of rotatable bonds is 5. The monoisotopic (exact) mass is 260 g/mol. The number of nitro benzene ring substituents is 1. The van der Waals surface area contributed by atoms with Crippen molar-refractivity contribution in [2.24, 2.45) is 0 Å². The molecule has 0 atom stereocenters. The molecule has 1 aromatic heterocycles. The van der Waals surface area contributed by atoms with Crippen molar-refractivity contribution in [1.29, 1.82) is 0 Å². The van der Waals surface area contributed by atoms with Crippen LogP contribution < -0.4 is 5.32 Å². The number of aryl methyl sites for hydroxylation is 1. The average molecular weight is 260 g/mol. The van der Waals surface area contributed by atoms with E-state index >= 15 is 0 Å². The van der Waals surface area contributed by atoms with Crippen molar-refractivity contribution in [3.63, 3.8) is 0 Å². The van der Waals surface area contributed by atoms with Crippen LogP contribution in [0.4, 0.5) is 11.4 Å². The summed E-state index contributed by atoms with van der Waals surface area (Å²) in [7, 11) is 0. The summed E-state index contributed by atoms with van der Waals surface area (Å²) in [6, 6.07) is 5.10. The van der Waals surface area contributed by atoms with Crippen LogP contribution in [-0.4, -0.2) is 21.2 Å². The predicted molar refractivity (Wildman–Crippen MR) is 73.3 cm³/mol. The van der Waals surface area contributed by atoms with Gasteiger partial charge < -0.3 is 5.32 Å². The zero-order valence-corrected chi connectivity index (χ0v) is 11.0. The van der Waals surface area contributed by atoms with E-state index in [0.717, 1.165) is 11.1 Å². The molecule has 0 saturated heterocycles. The van der Waals surface area contributed by atoms with Crippen LogP contribution in [-0.2, 0) is 6.54 Å². The first-order valence-corrected chi connectivity index (χ1v) is 6.10. The summed E-state index contributed by atoms with van der Waals surface area (Å²) in [4.78, 5) is 10.5. The van der Waals surface area contributed by atoms with Crippen molar-refractivity contribution >= 4 is 11.4 Å². The molecule has 0 fully saturated rings. The molecule has 0 spiro atoms. The van der Waals surface area contributed by atoms with Gasteiger partial charge in [-0.15, -0.1) is 0 Å². The Bertz CT molecular complexity index is 592. The molecule has 6 nitrogen and oxygen atoms in total. The van der Waals surface area contributed by atoms with Gasteiger partial charge in [-0.2, -0.15) is 5.10 Å². The molecule has 0 aliphatic heterocycles. The number of hydrogen-bond acceptors (Lipinski definition) is 4. The minimum atomic E-state index is -0.375. The lowest BCUT2D eigenvalue weighted by Crippen LogP contribution is -2.04. The summed E-state index contributed by atoms with van der Waals surface area (Å²) >= 11 is 0. The number of anilines is 1. The molecule has 0 bridgehead atoms. The van der Waals surface area contributed by atoms with Gasteiger partial charge in [0, 0.05) is 18.8 Å². The number of nitrogens with zero attached hydrogens (tertiary/aromatic N) is 3. The van der Waals surface area contributed by atoms with Crippen LogP contribution in [0.15, 0.2) is 30.6 Å². The van der Waals surface area contributed by atoms with Crippen LogP contribution in [0.1, 0.15) is 18.1 Å². The summed E-state index contributed by atoms with van der Waals surface area (Å²) in [5.74, 6) is 0. The first-order chi connectivity index (χ1) is 9.10. The Kier molecular flexibility index (Phi) is 3.79. The van der Waals surface area contributed by atoms with Crippen LogP contribution in [0.3, 0.4) is 0 Å². The minimum Gasteiger partial charge on any atom is -0.380 e. The Labute approximate surface area is 111 Å². The topological polar surface area (TPSA) is 73.0 Å². The third-order valence-corrected chi connectivity index (χ3v) is 2.73. The highest BCUT2D eigenvalue weighted by Crippen LogP contribution is 2.25. The third kappa shape index (κ3) is 3.09. The maximum absolute atomic E-state index is 10.9. The Balaban J connectivity index is 2.27. The van der Waals surface area contributed by atoms with Crippen LogP contribution >= 0.6 is 0 Å². The summed E-state index contributed by atoms with van der Waals surface area (Å²) in [6.45, 7) is 5.13. The molecule has 0 radical (unpaired) electrons. The van der Waals surface area contributed by atoms with Crippen molar-refractivity contribution in [3.05, 3.63) is 51.8 Å². The maximum Gasteiger partial charge on any atom is 0.292 e. The quantitative estimate of drug-likeness (QED) is 0.662. The van der Waals surface area contributed by atoms with E-state index < -0.39 is 0 Å². The lowest BCUT2D eigenvalue weighted by molar-refractivity contribution is -0.384. The highest BCUT2D eigenvalue weighted by molar-refractivity contribution is 5.62. The SMILES string of the molecule is CCNc1cc(Cn2cc(C)cn2)ccc1[N+](=O)[O-]. The van der Waals surface area contributed by atoms with Gasteiger partial charge in [0.1, 0.15) is 5.69 Å². The molecule has 2 rings (SSSR count). The zero-order chi connectivity index (χ0) is 13.8. The van der Waals surface area contributed by atoms with Crippen molar-refractivity contribution in [2.75, 3.05) is 11.9 Å². The summed E-state index contributed by atoms with van der Waals surface area (Å²) in [6.07, 6.45) is 3.73. The first-order valence-electron chi connectivity index (χ1n) is 6.10. The van der Waals surface area contributed by atoms with E-state index in [9.17, 15) is 10.1 Å². The second-order valence-corrected chi connectivity index (χ2v) is 4.35. The number of aromatic nitrogens is 2. The molecule has 0 amide bonds. The molecular formula is C13H16N4O2. The molecule has 1 N–H and O–H groups in total. The van der Waals surface area contributed by atoms with Crippen molar-refractivity contribution < 1.29 is 4.92 Å². The molecule has 6 heteroatoms. The number of nitro groups is 1. The van der Waals surface area contributed by atoms with E-state index in [4.69, 9.17) is 0 Å². The summed E-state index contributed by atoms with van der Waals surface area (Å²) < 4.78 is 1.81. The van der Waals surface area contributed by atoms with E-state index in [-0.39, 0.29) is 10.6 Å². The number of hydrogen-bond donors (Lipinski definition) is 1. The van der Waals surface area contributed by atoms with Crippen LogP contribution in [0.25, 0.3) is 0 Å². The van der Waals surface area contributed by atoms with Crippen LogP contribution in [0, 0.1) is 17.0 Å². The summed E-state index contributed by atoms with van der Waals surface area (Å²) in [5.41, 5.74) is 2.72. The van der Waals surface area contributed by atoms with E-state index in [0.29, 0.717) is 18.8 Å². The molecule has 19 heavy (non-hydrogen) atoms. The maximum atomic E-state index is 10.9. The van der Waals surface area contributed by atoms with E-state index in [1.54, 1.807) is 18.3 Å². The van der Waals surface area contributed by atoms with Gasteiger partial charge in [0.15, 0.2) is 0 Å². The van der Waals surface area contributed by atoms with Gasteiger partial charge in [0.2, 0.25) is 0 Å². The lowest BCUT2D eigenvalue weighted by Gasteiger charge is -2.07. The molecule has 2 aromatic rings. The zero-order valence-electron chi connectivity index (χ0n) is 11.0. The normalized spacial score (nSPS) is 10.4. The smallest absolute Gasteiger partial charge is 0.292 e. The lowest BCUT2D eigenvalue weighted by atomic mass is 10.1. The minimum absolute atomic E-state index is 0.0993. The Morgan fingerprint density at radius 1 is 1.47 bits per heavy atom. The van der Waals surface area contributed by atoms with E-state index in [2.05, 4.69) is 10.4 Å². The fraction of sp³-hybridized carbons (Fsp3) is 0.308. The predicted octanol–water partition coefficient (Wildman–Crippen LogP) is 2.58. The number of benzene rings is 1. The first kappa shape index (κ1) is 13.1. The Hall–Kier alpha value is -2.37. The van der Waals surface area contributed by atoms with Crippen molar-refractivity contribution in [3.8, 4) is 0 Å². The van der Waals surface area contributed by atoms with E-state index in [1.807, 2.05) is 24.7 Å². The fourth-order valence-corrected chi connectivity index (χ4v) is 1.91. The molecular weight excluding hydrogens is 244 g/mol. The Morgan fingerprint density at radius 3 is 2.84 bits per heavy atom. The largest absolute Gasteiger partial charge is 0.380 e. The van der Waals surface area contributed by atoms with Gasteiger partial charge in [0.05, 0.1) is 17.7 Å². The van der Waals surface area contributed by atoms with Gasteiger partial charge >= 0.3 is 0 Å². The molecule has 0 unspecified atom stereocenters. The van der Waals surface area contributed by atoms with Crippen molar-refractivity contribution in [1.82, 2.24) is 9.78 Å². The van der Waals surface area contributed by atoms with Gasteiger partial charge in [-0.3, -0.25) is 14.8 Å². The standard InChI is InChI=1S/C13H16N4O2/c1-3-14-12-6-11(4-5-13(12)17(18)19)9-16-8-10(2)7-15-16/h4-8,14H,3,9H2,1-2H3. The molecule has 100 valence electrons. The molecule has 0 aliphatic carbocycles. The van der Waals surface area contributed by atoms with Gasteiger partial charge in [-0.25, -0.2) is 0 Å². The van der Waals surface area contributed by atoms with Gasteiger partial charge in [-0.05, 0) is 31.0 Å². The molecule has 1 heterocycles. The van der Waals surface area contributed by atoms with Crippen LogP contribution in [0.5, 0.6) is 0 Å². The number of nitrogens with one attached hydrogen (secondary N) is 1. The average Bonchev–Trinajstić information content (AvgIpc) is 2.75. The highest BCUT2D eigenvalue weighted by atomic mass is 16.6. The second-order valence-electron chi connectivity index (χ2n) is 4.35. The highest BCUT2D eigenvalue weighted by Gasteiger charge is 2.13. The van der Waals surface area contributed by atoms with E-state index in [1.165, 1.54) is 6.07 Å². The van der Waals surface area contributed by atoms with Crippen molar-refractivity contribution in [2.45, 2.75) is 20.4 Å². The fourth-order valence-electron chi connectivity index (χ4n) is 1.91. The second kappa shape index (κ2) is 5.51. The Morgan fingerprint density at radius 2 is 2.26 bits per heavy atom. The molecule has 0 aliphatic rings. The molecule has 1 aromatic carbocycles. The summed E-state index contributed by atoms with van der Waals surface area (Å²) in [5, 5.41) is 18.1. The molecule has 0 saturated carbocycles. The van der Waals surface area contributed by atoms with Crippen LogP contribution in [0.2, 0.25) is 0 Å².